The predicted octanol–water partition coefficient (Wildman–Crippen LogP) is 2.19. The second-order valence-electron chi connectivity index (χ2n) is 7.31. The van der Waals surface area contributed by atoms with E-state index in [0.29, 0.717) is 12.5 Å². The average Bonchev–Trinajstić information content (AvgIpc) is 3.34. The topological polar surface area (TPSA) is 40.6 Å². The van der Waals surface area contributed by atoms with Gasteiger partial charge in [-0.05, 0) is 31.2 Å². The smallest absolute Gasteiger partial charge is 0.225 e. The van der Waals surface area contributed by atoms with Crippen molar-refractivity contribution in [2.24, 2.45) is 5.92 Å². The highest BCUT2D eigenvalue weighted by molar-refractivity contribution is 5.81. The second-order valence-corrected chi connectivity index (χ2v) is 7.31. The van der Waals surface area contributed by atoms with Crippen molar-refractivity contribution in [1.29, 1.82) is 0 Å². The van der Waals surface area contributed by atoms with Crippen LogP contribution in [0.1, 0.15) is 38.2 Å². The summed E-state index contributed by atoms with van der Waals surface area (Å²) in [5.74, 6) is 0.696. The maximum atomic E-state index is 12.5. The van der Waals surface area contributed by atoms with Crippen LogP contribution in [0.2, 0.25) is 0 Å². The highest BCUT2D eigenvalue weighted by atomic mass is 16.2. The number of fused-ring (bicyclic) bond motifs is 1. The highest BCUT2D eigenvalue weighted by Crippen LogP contribution is 2.46. The summed E-state index contributed by atoms with van der Waals surface area (Å²) in [4.78, 5) is 28.6. The standard InChI is InChI=1S/C19H24N2O2/c1-14(22)21-12-10-19(16-5-3-2-4-6-16)9-11-20(13-17(19)21)18(23)15-7-8-15/h2-6,15,17H,7-13H2,1H3/t17-,19-/m0/s1. The molecular weight excluding hydrogens is 288 g/mol. The van der Waals surface area contributed by atoms with Gasteiger partial charge in [0.2, 0.25) is 11.8 Å². The molecule has 4 nitrogen and oxygen atoms in total. The number of rotatable bonds is 2. The molecule has 4 heteroatoms. The van der Waals surface area contributed by atoms with Crippen LogP contribution >= 0.6 is 0 Å². The van der Waals surface area contributed by atoms with E-state index in [0.717, 1.165) is 38.8 Å². The first-order valence-corrected chi connectivity index (χ1v) is 8.73. The lowest BCUT2D eigenvalue weighted by molar-refractivity contribution is -0.139. The largest absolute Gasteiger partial charge is 0.340 e. The molecule has 1 aliphatic carbocycles. The van der Waals surface area contributed by atoms with Gasteiger partial charge in [0.05, 0.1) is 6.04 Å². The molecule has 1 saturated carbocycles. The number of hydrogen-bond acceptors (Lipinski definition) is 2. The van der Waals surface area contributed by atoms with E-state index in [4.69, 9.17) is 0 Å². The molecule has 3 aliphatic rings. The molecule has 2 saturated heterocycles. The van der Waals surface area contributed by atoms with Crippen LogP contribution in [0.15, 0.2) is 30.3 Å². The van der Waals surface area contributed by atoms with Crippen LogP contribution in [0.3, 0.4) is 0 Å². The van der Waals surface area contributed by atoms with E-state index in [1.165, 1.54) is 5.56 Å². The minimum Gasteiger partial charge on any atom is -0.340 e. The maximum absolute atomic E-state index is 12.5. The van der Waals surface area contributed by atoms with Crippen molar-refractivity contribution in [3.63, 3.8) is 0 Å². The lowest BCUT2D eigenvalue weighted by Crippen LogP contribution is -2.57. The molecule has 23 heavy (non-hydrogen) atoms. The summed E-state index contributed by atoms with van der Waals surface area (Å²) in [6.07, 6.45) is 4.05. The molecule has 0 aromatic heterocycles. The molecule has 0 bridgehead atoms. The van der Waals surface area contributed by atoms with Crippen LogP contribution in [-0.2, 0) is 15.0 Å². The summed E-state index contributed by atoms with van der Waals surface area (Å²) in [5, 5.41) is 0. The minimum atomic E-state index is 0.0211. The third-order valence-corrected chi connectivity index (χ3v) is 6.03. The second kappa shape index (κ2) is 5.36. The molecule has 122 valence electrons. The van der Waals surface area contributed by atoms with E-state index < -0.39 is 0 Å². The number of carbonyl (C=O) groups excluding carboxylic acids is 2. The lowest BCUT2D eigenvalue weighted by atomic mass is 9.69. The number of amides is 2. The summed E-state index contributed by atoms with van der Waals surface area (Å²) in [6, 6.07) is 10.7. The van der Waals surface area contributed by atoms with E-state index in [9.17, 15) is 9.59 Å². The van der Waals surface area contributed by atoms with Gasteiger partial charge >= 0.3 is 0 Å². The van der Waals surface area contributed by atoms with E-state index in [1.807, 2.05) is 15.9 Å². The molecule has 0 N–H and O–H groups in total. The van der Waals surface area contributed by atoms with E-state index in [2.05, 4.69) is 24.3 Å². The highest BCUT2D eigenvalue weighted by Gasteiger charge is 2.53. The van der Waals surface area contributed by atoms with Gasteiger partial charge in [-0.3, -0.25) is 9.59 Å². The van der Waals surface area contributed by atoms with Crippen LogP contribution in [0.5, 0.6) is 0 Å². The SMILES string of the molecule is CC(=O)N1CC[C@]2(c3ccccc3)CCN(C(=O)C3CC3)C[C@H]12. The quantitative estimate of drug-likeness (QED) is 0.840. The Morgan fingerprint density at radius 2 is 1.78 bits per heavy atom. The fraction of sp³-hybridized carbons (Fsp3) is 0.579. The molecule has 4 rings (SSSR count). The minimum absolute atomic E-state index is 0.0211. The Morgan fingerprint density at radius 3 is 2.43 bits per heavy atom. The van der Waals surface area contributed by atoms with Crippen LogP contribution in [0.25, 0.3) is 0 Å². The van der Waals surface area contributed by atoms with Crippen molar-refractivity contribution in [3.8, 4) is 0 Å². The molecule has 0 spiro atoms. The van der Waals surface area contributed by atoms with Crippen molar-refractivity contribution < 1.29 is 9.59 Å². The fourth-order valence-corrected chi connectivity index (χ4v) is 4.56. The third kappa shape index (κ3) is 2.35. The van der Waals surface area contributed by atoms with Gasteiger partial charge in [0.25, 0.3) is 0 Å². The summed E-state index contributed by atoms with van der Waals surface area (Å²) in [6.45, 7) is 3.99. The molecule has 0 unspecified atom stereocenters. The molecule has 3 fully saturated rings. The van der Waals surface area contributed by atoms with Gasteiger partial charge in [-0.25, -0.2) is 0 Å². The molecule has 2 amide bonds. The Labute approximate surface area is 137 Å². The number of benzene rings is 1. The molecular formula is C19H24N2O2. The number of nitrogens with zero attached hydrogens (tertiary/aromatic N) is 2. The van der Waals surface area contributed by atoms with Crippen LogP contribution in [0, 0.1) is 5.92 Å². The van der Waals surface area contributed by atoms with Gasteiger partial charge in [0, 0.05) is 37.9 Å². The first-order chi connectivity index (χ1) is 11.1. The monoisotopic (exact) mass is 312 g/mol. The fourth-order valence-electron chi connectivity index (χ4n) is 4.56. The van der Waals surface area contributed by atoms with E-state index in [1.54, 1.807) is 6.92 Å². The molecule has 0 radical (unpaired) electrons. The van der Waals surface area contributed by atoms with Crippen LogP contribution in [-0.4, -0.2) is 47.3 Å². The zero-order chi connectivity index (χ0) is 16.0. The normalized spacial score (nSPS) is 30.2. The van der Waals surface area contributed by atoms with Crippen molar-refractivity contribution in [1.82, 2.24) is 9.80 Å². The molecule has 2 heterocycles. The summed E-state index contributed by atoms with van der Waals surface area (Å²) in [5.41, 5.74) is 1.35. The van der Waals surface area contributed by atoms with E-state index in [-0.39, 0.29) is 23.3 Å². The number of hydrogen-bond donors (Lipinski definition) is 0. The van der Waals surface area contributed by atoms with Gasteiger partial charge in [-0.2, -0.15) is 0 Å². The Morgan fingerprint density at radius 1 is 1.09 bits per heavy atom. The van der Waals surface area contributed by atoms with Crippen LogP contribution in [0.4, 0.5) is 0 Å². The zero-order valence-corrected chi connectivity index (χ0v) is 13.7. The number of piperidine rings is 1. The molecule has 1 aromatic carbocycles. The summed E-state index contributed by atoms with van der Waals surface area (Å²) in [7, 11) is 0. The Hall–Kier alpha value is -1.84. The van der Waals surface area contributed by atoms with Crippen molar-refractivity contribution in [3.05, 3.63) is 35.9 Å². The van der Waals surface area contributed by atoms with Gasteiger partial charge < -0.3 is 9.80 Å². The predicted molar refractivity (Wildman–Crippen MR) is 87.8 cm³/mol. The van der Waals surface area contributed by atoms with Gasteiger partial charge in [0.1, 0.15) is 0 Å². The third-order valence-electron chi connectivity index (χ3n) is 6.03. The zero-order valence-electron chi connectivity index (χ0n) is 13.7. The van der Waals surface area contributed by atoms with Crippen molar-refractivity contribution >= 4 is 11.8 Å². The van der Waals surface area contributed by atoms with Crippen molar-refractivity contribution in [2.45, 2.75) is 44.1 Å². The summed E-state index contributed by atoms with van der Waals surface area (Å²) >= 11 is 0. The van der Waals surface area contributed by atoms with Gasteiger partial charge in [-0.15, -0.1) is 0 Å². The summed E-state index contributed by atoms with van der Waals surface area (Å²) < 4.78 is 0. The Bertz CT molecular complexity index is 626. The first kappa shape index (κ1) is 14.7. The van der Waals surface area contributed by atoms with Crippen molar-refractivity contribution in [2.75, 3.05) is 19.6 Å². The number of likely N-dealkylation sites (tertiary alicyclic amines) is 2. The Balaban J connectivity index is 1.66. The first-order valence-electron chi connectivity index (χ1n) is 8.73. The van der Waals surface area contributed by atoms with Crippen LogP contribution < -0.4 is 0 Å². The lowest BCUT2D eigenvalue weighted by Gasteiger charge is -2.46. The molecule has 2 atom stereocenters. The Kier molecular flexibility index (Phi) is 3.43. The van der Waals surface area contributed by atoms with Gasteiger partial charge in [-0.1, -0.05) is 30.3 Å². The maximum Gasteiger partial charge on any atom is 0.225 e. The molecule has 2 aliphatic heterocycles. The van der Waals surface area contributed by atoms with Gasteiger partial charge in [0.15, 0.2) is 0 Å². The molecule has 1 aromatic rings. The number of carbonyl (C=O) groups is 2. The average molecular weight is 312 g/mol. The van der Waals surface area contributed by atoms with E-state index >= 15 is 0 Å².